The van der Waals surface area contributed by atoms with Crippen LogP contribution in [-0.2, 0) is 11.8 Å². The molecule has 144 valence electrons. The van der Waals surface area contributed by atoms with Gasteiger partial charge in [-0.15, -0.1) is 0 Å². The first-order valence-corrected chi connectivity index (χ1v) is 9.18. The van der Waals surface area contributed by atoms with Gasteiger partial charge in [-0.1, -0.05) is 12.8 Å². The molecule has 8 heteroatoms. The minimum atomic E-state index is -1.19. The number of piperidine rings is 1. The molecule has 2 heterocycles. The molecule has 0 spiro atoms. The molecule has 1 aliphatic heterocycles. The number of fused-ring (bicyclic) bond motifs is 1. The SMILES string of the molecule is Cn1c(N2CC[C@@H](O)[C@@](CC3CC3)(C(=O)O)C2)nc2cc(C(=O)O)ccc21. The van der Waals surface area contributed by atoms with Crippen LogP contribution in [0, 0.1) is 11.3 Å². The maximum atomic E-state index is 12.1. The van der Waals surface area contributed by atoms with Crippen LogP contribution in [0.5, 0.6) is 0 Å². The number of aliphatic hydroxyl groups is 1. The first kappa shape index (κ1) is 17.8. The second kappa shape index (κ2) is 6.23. The Morgan fingerprint density at radius 2 is 2.00 bits per heavy atom. The first-order valence-electron chi connectivity index (χ1n) is 9.18. The Hall–Kier alpha value is -2.61. The van der Waals surface area contributed by atoms with Crippen molar-refractivity contribution in [2.45, 2.75) is 31.8 Å². The van der Waals surface area contributed by atoms with Gasteiger partial charge < -0.3 is 24.8 Å². The number of aryl methyl sites for hydroxylation is 1. The summed E-state index contributed by atoms with van der Waals surface area (Å²) in [6.07, 6.45) is 2.01. The Kier molecular flexibility index (Phi) is 4.10. The third-order valence-electron chi connectivity index (χ3n) is 5.95. The predicted molar refractivity (Wildman–Crippen MR) is 97.9 cm³/mol. The smallest absolute Gasteiger partial charge is 0.335 e. The standard InChI is InChI=1S/C19H23N3O5/c1-21-14-5-4-12(16(24)25)8-13(14)20-18(21)22-7-6-15(23)19(10-22,17(26)27)9-11-2-3-11/h4-5,8,11,15,23H,2-3,6-7,9-10H2,1H3,(H,24,25)(H,26,27)/t15-,19+/m1/s1. The number of carboxylic acids is 2. The minimum absolute atomic E-state index is 0.162. The lowest BCUT2D eigenvalue weighted by Gasteiger charge is -2.43. The van der Waals surface area contributed by atoms with E-state index in [9.17, 15) is 24.9 Å². The van der Waals surface area contributed by atoms with Crippen LogP contribution in [0.1, 0.15) is 36.0 Å². The topological polar surface area (TPSA) is 116 Å². The van der Waals surface area contributed by atoms with Gasteiger partial charge >= 0.3 is 11.9 Å². The van der Waals surface area contributed by atoms with Crippen LogP contribution in [0.4, 0.5) is 5.95 Å². The number of imidazole rings is 1. The zero-order valence-electron chi connectivity index (χ0n) is 15.1. The van der Waals surface area contributed by atoms with E-state index < -0.39 is 23.5 Å². The normalized spacial score (nSPS) is 25.7. The van der Waals surface area contributed by atoms with Crippen molar-refractivity contribution in [1.29, 1.82) is 0 Å². The monoisotopic (exact) mass is 373 g/mol. The number of carboxylic acid groups (broad SMARTS) is 2. The molecule has 2 aliphatic rings. The van der Waals surface area contributed by atoms with Gasteiger partial charge in [-0.25, -0.2) is 9.78 Å². The van der Waals surface area contributed by atoms with Gasteiger partial charge in [-0.3, -0.25) is 4.79 Å². The Morgan fingerprint density at radius 3 is 2.63 bits per heavy atom. The van der Waals surface area contributed by atoms with Gasteiger partial charge in [-0.05, 0) is 37.0 Å². The lowest BCUT2D eigenvalue weighted by molar-refractivity contribution is -0.158. The summed E-state index contributed by atoms with van der Waals surface area (Å²) in [5.74, 6) is -1.01. The van der Waals surface area contributed by atoms with Crippen molar-refractivity contribution in [1.82, 2.24) is 9.55 Å². The molecule has 2 fully saturated rings. The number of carbonyl (C=O) groups is 2. The lowest BCUT2D eigenvalue weighted by atomic mass is 9.73. The first-order chi connectivity index (χ1) is 12.8. The van der Waals surface area contributed by atoms with E-state index in [1.54, 1.807) is 6.07 Å². The summed E-state index contributed by atoms with van der Waals surface area (Å²) in [7, 11) is 1.83. The van der Waals surface area contributed by atoms with Gasteiger partial charge in [0.1, 0.15) is 5.41 Å². The number of nitrogens with zero attached hydrogens (tertiary/aromatic N) is 3. The molecule has 8 nitrogen and oxygen atoms in total. The molecule has 27 heavy (non-hydrogen) atoms. The molecule has 0 amide bonds. The molecule has 2 aromatic rings. The van der Waals surface area contributed by atoms with Crippen LogP contribution in [-0.4, -0.2) is 56.0 Å². The van der Waals surface area contributed by atoms with Crippen LogP contribution >= 0.6 is 0 Å². The summed E-state index contributed by atoms with van der Waals surface area (Å²) in [6.45, 7) is 0.701. The zero-order chi connectivity index (χ0) is 19.3. The third kappa shape index (κ3) is 2.93. The highest BCUT2D eigenvalue weighted by Crippen LogP contribution is 2.45. The van der Waals surface area contributed by atoms with E-state index in [-0.39, 0.29) is 12.1 Å². The third-order valence-corrected chi connectivity index (χ3v) is 5.95. The fourth-order valence-electron chi connectivity index (χ4n) is 4.19. The van der Waals surface area contributed by atoms with Crippen molar-refractivity contribution in [3.05, 3.63) is 23.8 Å². The number of hydrogen-bond acceptors (Lipinski definition) is 5. The van der Waals surface area contributed by atoms with Crippen molar-refractivity contribution in [3.8, 4) is 0 Å². The van der Waals surface area contributed by atoms with E-state index in [0.717, 1.165) is 18.4 Å². The van der Waals surface area contributed by atoms with E-state index in [1.807, 2.05) is 16.5 Å². The molecule has 0 unspecified atom stereocenters. The van der Waals surface area contributed by atoms with E-state index >= 15 is 0 Å². The van der Waals surface area contributed by atoms with E-state index in [0.29, 0.717) is 36.8 Å². The van der Waals surface area contributed by atoms with Crippen molar-refractivity contribution in [3.63, 3.8) is 0 Å². The average Bonchev–Trinajstić information content (AvgIpc) is 3.38. The van der Waals surface area contributed by atoms with E-state index in [4.69, 9.17) is 0 Å². The van der Waals surface area contributed by atoms with Crippen LogP contribution < -0.4 is 4.90 Å². The molecule has 4 rings (SSSR count). The average molecular weight is 373 g/mol. The summed E-state index contributed by atoms with van der Waals surface area (Å²) < 4.78 is 1.85. The Bertz CT molecular complexity index is 919. The van der Waals surface area contributed by atoms with Crippen LogP contribution in [0.15, 0.2) is 18.2 Å². The molecule has 2 atom stereocenters. The van der Waals surface area contributed by atoms with E-state index in [1.165, 1.54) is 12.1 Å². The molecule has 1 aromatic heterocycles. The van der Waals surface area contributed by atoms with Crippen molar-refractivity contribution < 1.29 is 24.9 Å². The molecule has 0 radical (unpaired) electrons. The molecular weight excluding hydrogens is 350 g/mol. The summed E-state index contributed by atoms with van der Waals surface area (Å²) in [5.41, 5.74) is 0.310. The maximum absolute atomic E-state index is 12.1. The molecule has 1 aromatic carbocycles. The molecule has 3 N–H and O–H groups in total. The summed E-state index contributed by atoms with van der Waals surface area (Å²) in [5, 5.41) is 29.6. The Balaban J connectivity index is 1.71. The molecule has 0 bridgehead atoms. The zero-order valence-corrected chi connectivity index (χ0v) is 15.1. The fraction of sp³-hybridized carbons (Fsp3) is 0.526. The maximum Gasteiger partial charge on any atom is 0.335 e. The minimum Gasteiger partial charge on any atom is -0.481 e. The van der Waals surface area contributed by atoms with Gasteiger partial charge in [0.2, 0.25) is 5.95 Å². The van der Waals surface area contributed by atoms with Crippen LogP contribution in [0.2, 0.25) is 0 Å². The van der Waals surface area contributed by atoms with E-state index in [2.05, 4.69) is 4.98 Å². The van der Waals surface area contributed by atoms with Gasteiger partial charge in [0.15, 0.2) is 0 Å². The number of aliphatic hydroxyl groups excluding tert-OH is 1. The number of aliphatic carboxylic acids is 1. The number of aromatic nitrogens is 2. The highest BCUT2D eigenvalue weighted by Gasteiger charge is 2.52. The number of anilines is 1. The Morgan fingerprint density at radius 1 is 1.26 bits per heavy atom. The number of aromatic carboxylic acids is 1. The van der Waals surface area contributed by atoms with Gasteiger partial charge in [0.05, 0.1) is 22.7 Å². The second-order valence-corrected chi connectivity index (χ2v) is 7.81. The predicted octanol–water partition coefficient (Wildman–Crippen LogP) is 1.71. The fourth-order valence-corrected chi connectivity index (χ4v) is 4.19. The highest BCUT2D eigenvalue weighted by atomic mass is 16.4. The van der Waals surface area contributed by atoms with Crippen LogP contribution in [0.3, 0.4) is 0 Å². The highest BCUT2D eigenvalue weighted by molar-refractivity contribution is 5.93. The second-order valence-electron chi connectivity index (χ2n) is 7.81. The Labute approximate surface area is 156 Å². The van der Waals surface area contributed by atoms with Crippen LogP contribution in [0.25, 0.3) is 11.0 Å². The van der Waals surface area contributed by atoms with Crippen molar-refractivity contribution in [2.75, 3.05) is 18.0 Å². The number of hydrogen-bond donors (Lipinski definition) is 3. The molecule has 1 saturated heterocycles. The molecule has 1 saturated carbocycles. The number of rotatable bonds is 5. The summed E-state index contributed by atoms with van der Waals surface area (Å²) in [4.78, 5) is 29.8. The summed E-state index contributed by atoms with van der Waals surface area (Å²) >= 11 is 0. The van der Waals surface area contributed by atoms with Gasteiger partial charge in [0.25, 0.3) is 0 Å². The molecular formula is C19H23N3O5. The summed E-state index contributed by atoms with van der Waals surface area (Å²) in [6, 6.07) is 4.77. The quantitative estimate of drug-likeness (QED) is 0.731. The van der Waals surface area contributed by atoms with Crippen molar-refractivity contribution in [2.24, 2.45) is 18.4 Å². The van der Waals surface area contributed by atoms with Crippen molar-refractivity contribution >= 4 is 28.9 Å². The van der Waals surface area contributed by atoms with Gasteiger partial charge in [0, 0.05) is 20.1 Å². The molecule has 1 aliphatic carbocycles. The number of benzene rings is 1. The largest absolute Gasteiger partial charge is 0.481 e. The lowest BCUT2D eigenvalue weighted by Crippen LogP contribution is -2.56. The van der Waals surface area contributed by atoms with Gasteiger partial charge in [-0.2, -0.15) is 0 Å².